The van der Waals surface area contributed by atoms with Crippen molar-refractivity contribution in [1.29, 1.82) is 0 Å². The topological polar surface area (TPSA) is 34.3 Å². The molecule has 0 spiro atoms. The SMILES string of the molecule is CC1(CO)CC[N]C1. The van der Waals surface area contributed by atoms with E-state index in [2.05, 4.69) is 12.2 Å². The third-order valence-corrected chi connectivity index (χ3v) is 1.75. The molecule has 2 heteroatoms. The van der Waals surface area contributed by atoms with Crippen molar-refractivity contribution in [3.63, 3.8) is 0 Å². The molecule has 1 atom stereocenters. The normalized spacial score (nSPS) is 38.2. The van der Waals surface area contributed by atoms with E-state index in [1.807, 2.05) is 0 Å². The summed E-state index contributed by atoms with van der Waals surface area (Å²) in [6.07, 6.45) is 1.06. The molecule has 1 aliphatic rings. The number of aliphatic hydroxyl groups excluding tert-OH is 1. The van der Waals surface area contributed by atoms with Crippen LogP contribution < -0.4 is 5.32 Å². The molecule has 0 saturated carbocycles. The Balaban J connectivity index is 2.40. The van der Waals surface area contributed by atoms with Gasteiger partial charge in [0.1, 0.15) is 0 Å². The van der Waals surface area contributed by atoms with Gasteiger partial charge in [-0.25, -0.2) is 5.32 Å². The first-order valence-corrected chi connectivity index (χ1v) is 3.01. The van der Waals surface area contributed by atoms with Gasteiger partial charge in [0, 0.05) is 25.1 Å². The van der Waals surface area contributed by atoms with Gasteiger partial charge in [-0.05, 0) is 6.42 Å². The van der Waals surface area contributed by atoms with Gasteiger partial charge in [0.15, 0.2) is 0 Å². The van der Waals surface area contributed by atoms with Crippen molar-refractivity contribution < 1.29 is 5.11 Å². The van der Waals surface area contributed by atoms with Crippen molar-refractivity contribution in [2.45, 2.75) is 13.3 Å². The summed E-state index contributed by atoms with van der Waals surface area (Å²) in [6.45, 7) is 4.15. The molecule has 0 aromatic carbocycles. The van der Waals surface area contributed by atoms with E-state index in [1.54, 1.807) is 0 Å². The lowest BCUT2D eigenvalue weighted by molar-refractivity contribution is 0.160. The standard InChI is InChI=1S/C6H12NO/c1-6(5-8)2-3-7-4-6/h8H,2-5H2,1H3. The lowest BCUT2D eigenvalue weighted by atomic mass is 9.91. The zero-order valence-corrected chi connectivity index (χ0v) is 5.22. The van der Waals surface area contributed by atoms with E-state index in [0.717, 1.165) is 19.5 Å². The second-order valence-corrected chi connectivity index (χ2v) is 2.82. The van der Waals surface area contributed by atoms with Crippen LogP contribution in [-0.2, 0) is 0 Å². The highest BCUT2D eigenvalue weighted by atomic mass is 16.3. The van der Waals surface area contributed by atoms with Gasteiger partial charge in [-0.1, -0.05) is 6.92 Å². The minimum absolute atomic E-state index is 0.125. The Kier molecular flexibility index (Phi) is 1.54. The minimum atomic E-state index is 0.125. The number of aliphatic hydroxyl groups is 1. The van der Waals surface area contributed by atoms with E-state index in [1.165, 1.54) is 0 Å². The third kappa shape index (κ3) is 1.01. The molecular formula is C6H12NO. The molecular weight excluding hydrogens is 102 g/mol. The van der Waals surface area contributed by atoms with Crippen molar-refractivity contribution in [3.05, 3.63) is 0 Å². The maximum Gasteiger partial charge on any atom is 0.0498 e. The van der Waals surface area contributed by atoms with Crippen LogP contribution in [0.3, 0.4) is 0 Å². The van der Waals surface area contributed by atoms with E-state index < -0.39 is 0 Å². The molecule has 0 amide bonds. The molecule has 1 N–H and O–H groups in total. The quantitative estimate of drug-likeness (QED) is 0.511. The molecule has 0 aromatic rings. The van der Waals surface area contributed by atoms with Crippen LogP contribution in [0.1, 0.15) is 13.3 Å². The van der Waals surface area contributed by atoms with Crippen LogP contribution in [0.2, 0.25) is 0 Å². The van der Waals surface area contributed by atoms with Crippen LogP contribution >= 0.6 is 0 Å². The largest absolute Gasteiger partial charge is 0.396 e. The molecule has 47 valence electrons. The molecule has 0 bridgehead atoms. The van der Waals surface area contributed by atoms with E-state index in [9.17, 15) is 0 Å². The number of hydrogen-bond donors (Lipinski definition) is 1. The molecule has 1 rings (SSSR count). The fourth-order valence-electron chi connectivity index (χ4n) is 0.906. The first kappa shape index (κ1) is 6.05. The summed E-state index contributed by atoms with van der Waals surface area (Å²) in [5.41, 5.74) is 0.125. The molecule has 1 aliphatic heterocycles. The van der Waals surface area contributed by atoms with Crippen molar-refractivity contribution in [2.24, 2.45) is 5.41 Å². The number of rotatable bonds is 1. The third-order valence-electron chi connectivity index (χ3n) is 1.75. The maximum absolute atomic E-state index is 8.77. The van der Waals surface area contributed by atoms with Gasteiger partial charge in [-0.3, -0.25) is 0 Å². The average Bonchev–Trinajstić information content (AvgIpc) is 2.17. The highest BCUT2D eigenvalue weighted by Gasteiger charge is 2.27. The van der Waals surface area contributed by atoms with Gasteiger partial charge in [0.25, 0.3) is 0 Å². The monoisotopic (exact) mass is 114 g/mol. The Morgan fingerprint density at radius 3 is 2.75 bits per heavy atom. The summed E-state index contributed by atoms with van der Waals surface area (Å²) in [5.74, 6) is 0. The van der Waals surface area contributed by atoms with Gasteiger partial charge >= 0.3 is 0 Å². The highest BCUT2D eigenvalue weighted by Crippen LogP contribution is 2.23. The lowest BCUT2D eigenvalue weighted by Gasteiger charge is -2.16. The summed E-state index contributed by atoms with van der Waals surface area (Å²) in [6, 6.07) is 0. The smallest absolute Gasteiger partial charge is 0.0498 e. The van der Waals surface area contributed by atoms with Crippen LogP contribution in [0.4, 0.5) is 0 Å². The Morgan fingerprint density at radius 2 is 2.50 bits per heavy atom. The second-order valence-electron chi connectivity index (χ2n) is 2.82. The number of nitrogens with zero attached hydrogens (tertiary/aromatic N) is 1. The minimum Gasteiger partial charge on any atom is -0.396 e. The van der Waals surface area contributed by atoms with Gasteiger partial charge in [-0.15, -0.1) is 0 Å². The van der Waals surface area contributed by atoms with E-state index in [-0.39, 0.29) is 12.0 Å². The van der Waals surface area contributed by atoms with Gasteiger partial charge in [0.2, 0.25) is 0 Å². The molecule has 8 heavy (non-hydrogen) atoms. The molecule has 0 aromatic heterocycles. The zero-order chi connectivity index (χ0) is 6.04. The molecule has 2 nitrogen and oxygen atoms in total. The Morgan fingerprint density at radius 1 is 1.75 bits per heavy atom. The fourth-order valence-corrected chi connectivity index (χ4v) is 0.906. The van der Waals surface area contributed by atoms with Gasteiger partial charge in [0.05, 0.1) is 0 Å². The molecule has 1 unspecified atom stereocenters. The van der Waals surface area contributed by atoms with E-state index >= 15 is 0 Å². The van der Waals surface area contributed by atoms with E-state index in [0.29, 0.717) is 0 Å². The van der Waals surface area contributed by atoms with Crippen LogP contribution in [0.15, 0.2) is 0 Å². The lowest BCUT2D eigenvalue weighted by Crippen LogP contribution is -2.21. The maximum atomic E-state index is 8.77. The van der Waals surface area contributed by atoms with Crippen molar-refractivity contribution in [3.8, 4) is 0 Å². The predicted octanol–water partition coefficient (Wildman–Crippen LogP) is -0.00690. The molecule has 0 aliphatic carbocycles. The second kappa shape index (κ2) is 2.03. The summed E-state index contributed by atoms with van der Waals surface area (Å²) < 4.78 is 0. The van der Waals surface area contributed by atoms with Gasteiger partial charge in [-0.2, -0.15) is 0 Å². The Bertz CT molecular complexity index is 76.6. The first-order valence-electron chi connectivity index (χ1n) is 3.01. The highest BCUT2D eigenvalue weighted by molar-refractivity contribution is 4.82. The Hall–Kier alpha value is -0.0800. The number of hydrogen-bond acceptors (Lipinski definition) is 1. The van der Waals surface area contributed by atoms with Crippen molar-refractivity contribution in [2.75, 3.05) is 19.7 Å². The summed E-state index contributed by atoms with van der Waals surface area (Å²) >= 11 is 0. The Labute approximate surface area is 49.9 Å². The predicted molar refractivity (Wildman–Crippen MR) is 31.7 cm³/mol. The van der Waals surface area contributed by atoms with Crippen LogP contribution in [0, 0.1) is 5.41 Å². The summed E-state index contributed by atoms with van der Waals surface area (Å²) in [4.78, 5) is 0. The molecule has 1 heterocycles. The summed E-state index contributed by atoms with van der Waals surface area (Å²) in [5, 5.41) is 12.9. The van der Waals surface area contributed by atoms with Crippen LogP contribution in [-0.4, -0.2) is 24.8 Å². The van der Waals surface area contributed by atoms with Crippen LogP contribution in [0.25, 0.3) is 0 Å². The molecule has 1 radical (unpaired) electrons. The fraction of sp³-hybridized carbons (Fsp3) is 1.00. The van der Waals surface area contributed by atoms with E-state index in [4.69, 9.17) is 5.11 Å². The van der Waals surface area contributed by atoms with Gasteiger partial charge < -0.3 is 5.11 Å². The van der Waals surface area contributed by atoms with Crippen LogP contribution in [0.5, 0.6) is 0 Å². The van der Waals surface area contributed by atoms with Crippen molar-refractivity contribution in [1.82, 2.24) is 5.32 Å². The average molecular weight is 114 g/mol. The first-order chi connectivity index (χ1) is 3.77. The zero-order valence-electron chi connectivity index (χ0n) is 5.22. The molecule has 1 fully saturated rings. The molecule has 1 saturated heterocycles. The van der Waals surface area contributed by atoms with Crippen molar-refractivity contribution >= 4 is 0 Å². The summed E-state index contributed by atoms with van der Waals surface area (Å²) in [7, 11) is 0.